The molecule has 0 aliphatic carbocycles. The molecule has 2 aliphatic heterocycles. The number of hydrogen-bond acceptors (Lipinski definition) is 20. The normalized spacial score (nSPS) is 20.6. The molecular formula is C98H190N2O20Si8. The highest BCUT2D eigenvalue weighted by atomic mass is 28.4. The molecule has 0 spiro atoms. The highest BCUT2D eigenvalue weighted by Gasteiger charge is 2.67. The molecule has 2 aliphatic rings. The Morgan fingerprint density at radius 1 is 0.344 bits per heavy atom. The lowest BCUT2D eigenvalue weighted by atomic mass is 9.79. The molecule has 744 valence electrons. The molecule has 2 fully saturated rings. The van der Waals surface area contributed by atoms with Crippen molar-refractivity contribution < 1.29 is 92.7 Å². The third kappa shape index (κ3) is 32.3. The van der Waals surface area contributed by atoms with Gasteiger partial charge >= 0.3 is 0 Å². The molecule has 30 heteroatoms. The molecule has 0 radical (unpaired) electrons. The molecule has 0 N–H and O–H groups in total. The Hall–Kier alpha value is -2.50. The number of ketones is 2. The van der Waals surface area contributed by atoms with Crippen molar-refractivity contribution in [2.24, 2.45) is 35.5 Å². The Kier molecular flexibility index (Phi) is 42.0. The second kappa shape index (κ2) is 45.0. The van der Waals surface area contributed by atoms with Gasteiger partial charge in [0.25, 0.3) is 0 Å². The molecule has 0 bridgehead atoms. The summed E-state index contributed by atoms with van der Waals surface area (Å²) in [5.41, 5.74) is 0.413. The van der Waals surface area contributed by atoms with Crippen molar-refractivity contribution in [2.45, 2.75) is 413 Å². The molecule has 2 heterocycles. The van der Waals surface area contributed by atoms with Crippen LogP contribution in [0.15, 0.2) is 48.5 Å². The van der Waals surface area contributed by atoms with Crippen molar-refractivity contribution in [2.75, 3.05) is 82.2 Å². The maximum Gasteiger partial charge on any atom is 0.248 e. The van der Waals surface area contributed by atoms with Crippen LogP contribution < -0.4 is 9.47 Å². The summed E-state index contributed by atoms with van der Waals surface area (Å²) in [6.45, 7) is 98.9. The van der Waals surface area contributed by atoms with Crippen LogP contribution in [0.4, 0.5) is 0 Å². The largest absolute Gasteiger partial charge is 0.497 e. The number of hydrogen-bond donors (Lipinski definition) is 0. The van der Waals surface area contributed by atoms with Gasteiger partial charge in [0.2, 0.25) is 11.8 Å². The van der Waals surface area contributed by atoms with Gasteiger partial charge in [0.15, 0.2) is 66.5 Å². The van der Waals surface area contributed by atoms with Gasteiger partial charge in [0.1, 0.15) is 34.3 Å². The average Bonchev–Trinajstić information content (AvgIpc) is 1.57. The third-order valence-electron chi connectivity index (χ3n) is 31.3. The quantitative estimate of drug-likeness (QED) is 0.0341. The first-order valence-electron chi connectivity index (χ1n) is 47.1. The van der Waals surface area contributed by atoms with Crippen LogP contribution in [0.25, 0.3) is 0 Å². The standard InChI is InChI=1S/2C49H95NO10Si4/c2*1-35(31-55-32-36-26-28-37(53-16)29-27-36)43-49(14,58-43)44(60-64(24,25)48(11,12)13)39(34-57-62(20,21)46(5,6)7)42(52)38(33-56-61(18,19)45(2,3)4)40(30-41(51)50(15)54-17)59-63(22,23)47(8,9)10/h2*26-29,35,38-40,43-44H,30-34H2,1-25H3/t35-,38-,39-,40+,43+,44-,49-;35-,38-,39-,40-,43+,44-,49-/m00/s1. The van der Waals surface area contributed by atoms with Gasteiger partial charge in [0, 0.05) is 52.4 Å². The number of methoxy groups -OCH3 is 2. The number of carbonyl (C=O) groups is 4. The Morgan fingerprint density at radius 2 is 0.562 bits per heavy atom. The number of Topliss-reactive ketones (excluding diaryl/α,β-unsaturated/α-hetero) is 2. The van der Waals surface area contributed by atoms with E-state index >= 15 is 9.59 Å². The lowest BCUT2D eigenvalue weighted by Gasteiger charge is -2.46. The molecule has 2 aromatic carbocycles. The van der Waals surface area contributed by atoms with Gasteiger partial charge in [-0.2, -0.15) is 0 Å². The molecule has 0 unspecified atom stereocenters. The van der Waals surface area contributed by atoms with Crippen LogP contribution in [-0.2, 0) is 96.4 Å². The zero-order valence-corrected chi connectivity index (χ0v) is 98.7. The lowest BCUT2D eigenvalue weighted by Crippen LogP contribution is -2.57. The van der Waals surface area contributed by atoms with Crippen LogP contribution >= 0.6 is 0 Å². The molecule has 0 saturated carbocycles. The predicted molar refractivity (Wildman–Crippen MR) is 544 cm³/mol. The number of ether oxygens (including phenoxy) is 6. The second-order valence-corrected chi connectivity index (χ2v) is 87.9. The second-order valence-electron chi connectivity index (χ2n) is 49.6. The summed E-state index contributed by atoms with van der Waals surface area (Å²) in [4.78, 5) is 71.5. The van der Waals surface area contributed by atoms with Gasteiger partial charge in [-0.1, -0.05) is 204 Å². The fourth-order valence-electron chi connectivity index (χ4n) is 13.3. The summed E-state index contributed by atoms with van der Waals surface area (Å²) < 4.78 is 95.1. The number of rotatable bonds is 48. The topological polar surface area (TPSA) is 229 Å². The molecular weight excluding hydrogens is 1750 g/mol. The number of nitrogens with zero attached hydrogens (tertiary/aromatic N) is 2. The van der Waals surface area contributed by atoms with E-state index in [4.69, 9.17) is 73.5 Å². The van der Waals surface area contributed by atoms with Crippen LogP contribution in [0.3, 0.4) is 0 Å². The minimum absolute atomic E-state index is 0.0135. The molecule has 2 aromatic rings. The van der Waals surface area contributed by atoms with E-state index in [1.807, 2.05) is 48.5 Å². The predicted octanol–water partition coefficient (Wildman–Crippen LogP) is 24.1. The van der Waals surface area contributed by atoms with E-state index in [0.29, 0.717) is 26.4 Å². The van der Waals surface area contributed by atoms with E-state index in [-0.39, 0.29) is 127 Å². The van der Waals surface area contributed by atoms with E-state index in [1.54, 1.807) is 28.3 Å². The summed E-state index contributed by atoms with van der Waals surface area (Å²) in [6.07, 6.45) is -3.59. The SMILES string of the molecule is COc1ccc(COC[C@H](C)[C@H]2O[C@]2(C)[C@@H](O[Si](C)(C)C(C)(C)C)[C@@H](CO[Si](C)(C)C(C)(C)C)C(=O)[C@@H](CO[Si](C)(C)C(C)(C)C)[C@@H](CC(=O)N(C)OC)O[Si](C)(C)C(C)(C)C)cc1.COc1ccc(COC[C@H](C)[C@H]2O[C@]2(C)[C@@H](O[Si](C)(C)C(C)(C)C)[C@@H](CO[Si](C)(C)C(C)(C)C)C(=O)[C@@H](CO[Si](C)(C)C(C)(C)C)[C@H](CC(=O)N(C)OC)O[Si](C)(C)C(C)(C)C)cc1. The average molecular weight is 1940 g/mol. The summed E-state index contributed by atoms with van der Waals surface area (Å²) >= 11 is 0. The molecule has 14 atom stereocenters. The van der Waals surface area contributed by atoms with Crippen molar-refractivity contribution in [3.8, 4) is 11.5 Å². The van der Waals surface area contributed by atoms with Gasteiger partial charge in [-0.15, -0.1) is 0 Å². The Morgan fingerprint density at radius 3 is 0.773 bits per heavy atom. The summed E-state index contributed by atoms with van der Waals surface area (Å²) in [7, 11) is -10.6. The maximum atomic E-state index is 16.4. The third-order valence-corrected chi connectivity index (χ3v) is 67.3. The number of benzene rings is 2. The van der Waals surface area contributed by atoms with E-state index in [1.165, 1.54) is 24.3 Å². The fraction of sp³-hybridized carbons (Fsp3) is 0.837. The first-order valence-corrected chi connectivity index (χ1v) is 70.4. The minimum atomic E-state index is -2.59. The van der Waals surface area contributed by atoms with Crippen LogP contribution in [-0.4, -0.2) is 230 Å². The monoisotopic (exact) mass is 1940 g/mol. The van der Waals surface area contributed by atoms with Gasteiger partial charge in [-0.05, 0) is 194 Å². The van der Waals surface area contributed by atoms with Crippen LogP contribution in [0.1, 0.15) is 218 Å². The highest BCUT2D eigenvalue weighted by molar-refractivity contribution is 6.77. The maximum absolute atomic E-state index is 16.4. The zero-order chi connectivity index (χ0) is 99.7. The molecule has 2 saturated heterocycles. The van der Waals surface area contributed by atoms with Crippen molar-refractivity contribution in [3.63, 3.8) is 0 Å². The minimum Gasteiger partial charge on any atom is -0.497 e. The number of carbonyl (C=O) groups excluding carboxylic acids is 4. The van der Waals surface area contributed by atoms with Gasteiger partial charge in [-0.3, -0.25) is 28.9 Å². The number of epoxide rings is 2. The molecule has 2 amide bonds. The Labute approximate surface area is 789 Å². The van der Waals surface area contributed by atoms with Crippen LogP contribution in [0.5, 0.6) is 11.5 Å². The van der Waals surface area contributed by atoms with E-state index in [2.05, 4.69) is 299 Å². The van der Waals surface area contributed by atoms with Crippen molar-refractivity contribution in [1.29, 1.82) is 0 Å². The molecule has 22 nitrogen and oxygen atoms in total. The highest BCUT2D eigenvalue weighted by Crippen LogP contribution is 2.55. The van der Waals surface area contributed by atoms with Gasteiger partial charge in [0.05, 0.1) is 128 Å². The van der Waals surface area contributed by atoms with Crippen LogP contribution in [0, 0.1) is 35.5 Å². The van der Waals surface area contributed by atoms with Crippen molar-refractivity contribution >= 4 is 89.9 Å². The summed E-state index contributed by atoms with van der Waals surface area (Å²) in [6, 6.07) is 15.8. The smallest absolute Gasteiger partial charge is 0.248 e. The first-order chi connectivity index (χ1) is 57.4. The molecule has 0 aromatic heterocycles. The Bertz CT molecular complexity index is 3560. The Balaban J connectivity index is 0.000000660. The number of hydroxylamine groups is 4. The number of amides is 2. The van der Waals surface area contributed by atoms with Gasteiger partial charge < -0.3 is 63.8 Å². The summed E-state index contributed by atoms with van der Waals surface area (Å²) in [5, 5.41) is 1.18. The molecule has 128 heavy (non-hydrogen) atoms. The van der Waals surface area contributed by atoms with Crippen LogP contribution in [0.2, 0.25) is 145 Å². The van der Waals surface area contributed by atoms with Gasteiger partial charge in [-0.25, -0.2) is 10.1 Å². The fourth-order valence-corrected chi connectivity index (χ4v) is 22.9. The van der Waals surface area contributed by atoms with Crippen molar-refractivity contribution in [1.82, 2.24) is 10.1 Å². The van der Waals surface area contributed by atoms with Crippen molar-refractivity contribution in [3.05, 3.63) is 59.7 Å². The van der Waals surface area contributed by atoms with E-state index < -0.39 is 126 Å². The van der Waals surface area contributed by atoms with E-state index in [0.717, 1.165) is 22.6 Å². The summed E-state index contributed by atoms with van der Waals surface area (Å²) in [5.74, 6) is -2.37. The zero-order valence-electron chi connectivity index (χ0n) is 90.7. The molecule has 4 rings (SSSR count). The lowest BCUT2D eigenvalue weighted by molar-refractivity contribution is -0.172. The first kappa shape index (κ1) is 120. The van der Waals surface area contributed by atoms with E-state index in [9.17, 15) is 9.59 Å².